The SMILES string of the molecule is C=C1NC(C(C)C)=CN=C1N1CC2(CCCC2)C1. The zero-order chi connectivity index (χ0) is 12.8. The Balaban J connectivity index is 1.69. The molecule has 1 spiro atoms. The van der Waals surface area contributed by atoms with Crippen molar-refractivity contribution in [2.75, 3.05) is 13.1 Å². The molecule has 0 atom stereocenters. The largest absolute Gasteiger partial charge is 0.355 e. The van der Waals surface area contributed by atoms with Gasteiger partial charge in [-0.3, -0.25) is 0 Å². The highest BCUT2D eigenvalue weighted by Gasteiger charge is 2.46. The molecule has 3 nitrogen and oxygen atoms in total. The molecule has 3 aliphatic rings. The molecule has 2 heterocycles. The number of nitrogens with zero attached hydrogens (tertiary/aromatic N) is 2. The minimum atomic E-state index is 0.476. The molecule has 0 amide bonds. The van der Waals surface area contributed by atoms with E-state index in [0.29, 0.717) is 11.3 Å². The van der Waals surface area contributed by atoms with E-state index < -0.39 is 0 Å². The Morgan fingerprint density at radius 1 is 1.33 bits per heavy atom. The smallest absolute Gasteiger partial charge is 0.151 e. The van der Waals surface area contributed by atoms with Crippen LogP contribution in [-0.4, -0.2) is 23.8 Å². The molecule has 2 aliphatic heterocycles. The van der Waals surface area contributed by atoms with Gasteiger partial charge < -0.3 is 10.2 Å². The molecular weight excluding hydrogens is 222 g/mol. The number of allylic oxidation sites excluding steroid dienone is 1. The van der Waals surface area contributed by atoms with Crippen LogP contribution < -0.4 is 5.32 Å². The Kier molecular flexibility index (Phi) is 2.72. The zero-order valence-corrected chi connectivity index (χ0v) is 11.5. The van der Waals surface area contributed by atoms with Gasteiger partial charge in [0, 0.05) is 30.4 Å². The van der Waals surface area contributed by atoms with Crippen molar-refractivity contribution in [2.24, 2.45) is 16.3 Å². The summed E-state index contributed by atoms with van der Waals surface area (Å²) in [6, 6.07) is 0. The summed E-state index contributed by atoms with van der Waals surface area (Å²) in [6.45, 7) is 10.8. The van der Waals surface area contributed by atoms with Gasteiger partial charge in [0.1, 0.15) is 0 Å². The molecule has 0 aromatic carbocycles. The Morgan fingerprint density at radius 2 is 2.00 bits per heavy atom. The van der Waals surface area contributed by atoms with Crippen LogP contribution in [0.25, 0.3) is 0 Å². The van der Waals surface area contributed by atoms with E-state index in [9.17, 15) is 0 Å². The lowest BCUT2D eigenvalue weighted by molar-refractivity contribution is 0.0661. The van der Waals surface area contributed by atoms with Gasteiger partial charge in [0.2, 0.25) is 0 Å². The van der Waals surface area contributed by atoms with E-state index in [1.54, 1.807) is 0 Å². The monoisotopic (exact) mass is 245 g/mol. The summed E-state index contributed by atoms with van der Waals surface area (Å²) >= 11 is 0. The van der Waals surface area contributed by atoms with Gasteiger partial charge in [0.15, 0.2) is 5.84 Å². The maximum atomic E-state index is 4.61. The average molecular weight is 245 g/mol. The fourth-order valence-corrected chi connectivity index (χ4v) is 3.39. The van der Waals surface area contributed by atoms with E-state index in [4.69, 9.17) is 0 Å². The third kappa shape index (κ3) is 1.86. The lowest BCUT2D eigenvalue weighted by Gasteiger charge is -2.50. The van der Waals surface area contributed by atoms with E-state index in [0.717, 1.165) is 11.5 Å². The van der Waals surface area contributed by atoms with E-state index in [1.165, 1.54) is 44.5 Å². The summed E-state index contributed by atoms with van der Waals surface area (Å²) in [6.07, 6.45) is 7.61. The van der Waals surface area contributed by atoms with Crippen LogP contribution in [0, 0.1) is 11.3 Å². The molecule has 0 unspecified atom stereocenters. The normalized spacial score (nSPS) is 25.9. The van der Waals surface area contributed by atoms with Crippen LogP contribution >= 0.6 is 0 Å². The van der Waals surface area contributed by atoms with Crippen molar-refractivity contribution in [3.63, 3.8) is 0 Å². The molecule has 0 aromatic rings. The van der Waals surface area contributed by atoms with Gasteiger partial charge in [0.25, 0.3) is 0 Å². The van der Waals surface area contributed by atoms with Crippen LogP contribution in [0.1, 0.15) is 39.5 Å². The van der Waals surface area contributed by atoms with Gasteiger partial charge in [0.05, 0.1) is 5.70 Å². The quantitative estimate of drug-likeness (QED) is 0.769. The van der Waals surface area contributed by atoms with Crippen LogP contribution in [0.15, 0.2) is 29.2 Å². The second-order valence-electron chi connectivity index (χ2n) is 6.36. The van der Waals surface area contributed by atoms with Crippen molar-refractivity contribution in [1.82, 2.24) is 10.2 Å². The topological polar surface area (TPSA) is 27.6 Å². The van der Waals surface area contributed by atoms with Crippen LogP contribution in [0.3, 0.4) is 0 Å². The predicted octanol–water partition coefficient (Wildman–Crippen LogP) is 2.88. The highest BCUT2D eigenvalue weighted by molar-refractivity contribution is 5.99. The number of aliphatic imine (C=N–C) groups is 1. The van der Waals surface area contributed by atoms with Gasteiger partial charge in [-0.15, -0.1) is 0 Å². The first kappa shape index (κ1) is 11.8. The molecule has 0 bridgehead atoms. The molecule has 1 saturated heterocycles. The van der Waals surface area contributed by atoms with Crippen LogP contribution in [-0.2, 0) is 0 Å². The summed E-state index contributed by atoms with van der Waals surface area (Å²) in [4.78, 5) is 6.99. The molecule has 18 heavy (non-hydrogen) atoms. The molecule has 1 saturated carbocycles. The molecule has 1 N–H and O–H groups in total. The third-order valence-corrected chi connectivity index (χ3v) is 4.53. The van der Waals surface area contributed by atoms with Crippen molar-refractivity contribution in [3.05, 3.63) is 24.2 Å². The zero-order valence-electron chi connectivity index (χ0n) is 11.5. The number of likely N-dealkylation sites (tertiary alicyclic amines) is 1. The number of hydrogen-bond donors (Lipinski definition) is 1. The minimum absolute atomic E-state index is 0.476. The molecule has 0 radical (unpaired) electrons. The lowest BCUT2D eigenvalue weighted by atomic mass is 9.78. The van der Waals surface area contributed by atoms with Gasteiger partial charge in [-0.05, 0) is 18.8 Å². The molecule has 2 fully saturated rings. The van der Waals surface area contributed by atoms with E-state index in [2.05, 4.69) is 35.6 Å². The number of amidine groups is 1. The third-order valence-electron chi connectivity index (χ3n) is 4.53. The van der Waals surface area contributed by atoms with Crippen LogP contribution in [0.4, 0.5) is 0 Å². The Labute approximate surface area is 110 Å². The van der Waals surface area contributed by atoms with Gasteiger partial charge >= 0.3 is 0 Å². The standard InChI is InChI=1S/C15H23N3/c1-11(2)13-8-16-14(12(3)17-13)18-9-15(10-18)6-4-5-7-15/h8,11,17H,3-7,9-10H2,1-2H3. The summed E-state index contributed by atoms with van der Waals surface area (Å²) in [7, 11) is 0. The van der Waals surface area contributed by atoms with E-state index in [-0.39, 0.29) is 0 Å². The fourth-order valence-electron chi connectivity index (χ4n) is 3.39. The van der Waals surface area contributed by atoms with Crippen molar-refractivity contribution in [3.8, 4) is 0 Å². The second kappa shape index (κ2) is 4.15. The van der Waals surface area contributed by atoms with Gasteiger partial charge in [-0.1, -0.05) is 33.3 Å². The Morgan fingerprint density at radius 3 is 2.56 bits per heavy atom. The van der Waals surface area contributed by atoms with Gasteiger partial charge in [-0.25, -0.2) is 4.99 Å². The van der Waals surface area contributed by atoms with Gasteiger partial charge in [-0.2, -0.15) is 0 Å². The molecule has 1 aliphatic carbocycles. The first-order valence-electron chi connectivity index (χ1n) is 7.09. The summed E-state index contributed by atoms with van der Waals surface area (Å²) < 4.78 is 0. The van der Waals surface area contributed by atoms with Crippen LogP contribution in [0.5, 0.6) is 0 Å². The van der Waals surface area contributed by atoms with E-state index >= 15 is 0 Å². The van der Waals surface area contributed by atoms with Crippen molar-refractivity contribution in [1.29, 1.82) is 0 Å². The van der Waals surface area contributed by atoms with Crippen LogP contribution in [0.2, 0.25) is 0 Å². The maximum absolute atomic E-state index is 4.61. The first-order valence-corrected chi connectivity index (χ1v) is 7.09. The minimum Gasteiger partial charge on any atom is -0.355 e. The van der Waals surface area contributed by atoms with Crippen molar-refractivity contribution < 1.29 is 0 Å². The number of hydrogen-bond acceptors (Lipinski definition) is 3. The molecule has 0 aromatic heterocycles. The fraction of sp³-hybridized carbons (Fsp3) is 0.667. The molecule has 3 heteroatoms. The molecular formula is C15H23N3. The second-order valence-corrected chi connectivity index (χ2v) is 6.36. The Bertz CT molecular complexity index is 417. The summed E-state index contributed by atoms with van der Waals surface area (Å²) in [5.74, 6) is 1.53. The summed E-state index contributed by atoms with van der Waals surface area (Å²) in [5, 5.41) is 3.39. The Hall–Kier alpha value is -1.25. The van der Waals surface area contributed by atoms with E-state index in [1.807, 2.05) is 6.20 Å². The maximum Gasteiger partial charge on any atom is 0.151 e. The number of rotatable bonds is 1. The highest BCUT2D eigenvalue weighted by Crippen LogP contribution is 2.45. The van der Waals surface area contributed by atoms with Crippen molar-refractivity contribution in [2.45, 2.75) is 39.5 Å². The number of nitrogens with one attached hydrogen (secondary N) is 1. The summed E-state index contributed by atoms with van der Waals surface area (Å²) in [5.41, 5.74) is 2.75. The van der Waals surface area contributed by atoms with Crippen molar-refractivity contribution >= 4 is 5.84 Å². The molecule has 98 valence electrons. The average Bonchev–Trinajstić information content (AvgIpc) is 2.76. The highest BCUT2D eigenvalue weighted by atomic mass is 15.3. The lowest BCUT2D eigenvalue weighted by Crippen LogP contribution is -2.58. The molecule has 3 rings (SSSR count). The first-order chi connectivity index (χ1) is 8.60. The predicted molar refractivity (Wildman–Crippen MR) is 75.1 cm³/mol.